The van der Waals surface area contributed by atoms with Crippen molar-refractivity contribution in [1.82, 2.24) is 5.32 Å². The smallest absolute Gasteiger partial charge is 0.319 e. The molecule has 1 aromatic rings. The van der Waals surface area contributed by atoms with Crippen LogP contribution in [0.25, 0.3) is 0 Å². The lowest BCUT2D eigenvalue weighted by molar-refractivity contribution is -0.117. The molecule has 0 aromatic heterocycles. The van der Waals surface area contributed by atoms with Gasteiger partial charge in [0.15, 0.2) is 0 Å². The summed E-state index contributed by atoms with van der Waals surface area (Å²) in [5, 5.41) is 5.72. The number of carbonyl (C=O) groups excluding carboxylic acids is 2. The predicted molar refractivity (Wildman–Crippen MR) is 97.9 cm³/mol. The van der Waals surface area contributed by atoms with Gasteiger partial charge in [-0.1, -0.05) is 6.07 Å². The number of hydrogen-bond donors (Lipinski definition) is 2. The number of ether oxygens (including phenoxy) is 1. The molecule has 0 aliphatic carbocycles. The van der Waals surface area contributed by atoms with Crippen LogP contribution in [0, 0.1) is 0 Å². The number of amides is 3. The SMILES string of the molecule is O=C(NCCCC[C@H]1CCCO1)Nc1cccc(N2CCCC2=O)c1. The van der Waals surface area contributed by atoms with Crippen molar-refractivity contribution in [2.45, 2.75) is 51.0 Å². The van der Waals surface area contributed by atoms with E-state index in [1.807, 2.05) is 24.3 Å². The second-order valence-electron chi connectivity index (χ2n) is 6.71. The highest BCUT2D eigenvalue weighted by molar-refractivity contribution is 5.96. The predicted octanol–water partition coefficient (Wildman–Crippen LogP) is 3.28. The number of rotatable bonds is 7. The second kappa shape index (κ2) is 8.85. The molecular weight excluding hydrogens is 318 g/mol. The van der Waals surface area contributed by atoms with E-state index >= 15 is 0 Å². The summed E-state index contributed by atoms with van der Waals surface area (Å²) < 4.78 is 5.59. The zero-order chi connectivity index (χ0) is 17.5. The molecule has 6 nitrogen and oxygen atoms in total. The number of urea groups is 1. The Balaban J connectivity index is 1.38. The van der Waals surface area contributed by atoms with E-state index in [1.54, 1.807) is 4.90 Å². The Hall–Kier alpha value is -2.08. The number of anilines is 2. The zero-order valence-electron chi connectivity index (χ0n) is 14.6. The normalized spacial score (nSPS) is 20.1. The molecule has 3 amide bonds. The Morgan fingerprint density at radius 3 is 2.96 bits per heavy atom. The summed E-state index contributed by atoms with van der Waals surface area (Å²) in [4.78, 5) is 25.6. The first-order valence-electron chi connectivity index (χ1n) is 9.29. The minimum absolute atomic E-state index is 0.146. The minimum atomic E-state index is -0.206. The third kappa shape index (κ3) is 5.19. The van der Waals surface area contributed by atoms with E-state index in [0.717, 1.165) is 44.5 Å². The fraction of sp³-hybridized carbons (Fsp3) is 0.579. The number of nitrogens with zero attached hydrogens (tertiary/aromatic N) is 1. The molecule has 3 rings (SSSR count). The molecule has 2 aliphatic heterocycles. The van der Waals surface area contributed by atoms with Crippen molar-refractivity contribution >= 4 is 23.3 Å². The van der Waals surface area contributed by atoms with Crippen molar-refractivity contribution in [2.75, 3.05) is 29.9 Å². The average Bonchev–Trinajstić information content (AvgIpc) is 3.26. The molecule has 2 N–H and O–H groups in total. The van der Waals surface area contributed by atoms with E-state index in [1.165, 1.54) is 12.8 Å². The van der Waals surface area contributed by atoms with Crippen LogP contribution in [-0.2, 0) is 9.53 Å². The standard InChI is InChI=1S/C19H27N3O3/c23-18-10-4-12-22(18)16-7-3-6-15(14-16)21-19(24)20-11-2-1-8-17-9-5-13-25-17/h3,6-7,14,17H,1-2,4-5,8-13H2,(H2,20,21,24)/t17-/m0/s1. The lowest BCUT2D eigenvalue weighted by atomic mass is 10.1. The van der Waals surface area contributed by atoms with Crippen LogP contribution < -0.4 is 15.5 Å². The van der Waals surface area contributed by atoms with Crippen LogP contribution in [0.15, 0.2) is 24.3 Å². The summed E-state index contributed by atoms with van der Waals surface area (Å²) >= 11 is 0. The lowest BCUT2D eigenvalue weighted by Crippen LogP contribution is -2.30. The number of carbonyl (C=O) groups is 2. The van der Waals surface area contributed by atoms with Crippen LogP contribution >= 0.6 is 0 Å². The van der Waals surface area contributed by atoms with Crippen LogP contribution in [-0.4, -0.2) is 37.7 Å². The highest BCUT2D eigenvalue weighted by Crippen LogP contribution is 2.24. The molecule has 6 heteroatoms. The Morgan fingerprint density at radius 1 is 1.28 bits per heavy atom. The van der Waals surface area contributed by atoms with Crippen molar-refractivity contribution in [3.63, 3.8) is 0 Å². The van der Waals surface area contributed by atoms with Gasteiger partial charge in [0.05, 0.1) is 6.10 Å². The average molecular weight is 345 g/mol. The van der Waals surface area contributed by atoms with Gasteiger partial charge < -0.3 is 20.3 Å². The molecule has 0 unspecified atom stereocenters. The maximum Gasteiger partial charge on any atom is 0.319 e. The van der Waals surface area contributed by atoms with Crippen molar-refractivity contribution in [2.24, 2.45) is 0 Å². The third-order valence-electron chi connectivity index (χ3n) is 4.75. The quantitative estimate of drug-likeness (QED) is 0.745. The molecule has 2 aliphatic rings. The number of benzene rings is 1. The lowest BCUT2D eigenvalue weighted by Gasteiger charge is -2.17. The Labute approximate surface area is 148 Å². The van der Waals surface area contributed by atoms with E-state index in [-0.39, 0.29) is 11.9 Å². The van der Waals surface area contributed by atoms with Crippen LogP contribution in [0.1, 0.15) is 44.9 Å². The molecule has 0 radical (unpaired) electrons. The van der Waals surface area contributed by atoms with Gasteiger partial charge in [0.2, 0.25) is 5.91 Å². The molecule has 2 heterocycles. The zero-order valence-corrected chi connectivity index (χ0v) is 14.6. The van der Waals surface area contributed by atoms with E-state index in [0.29, 0.717) is 24.8 Å². The van der Waals surface area contributed by atoms with Gasteiger partial charge in [0.25, 0.3) is 0 Å². The Bertz CT molecular complexity index is 599. The third-order valence-corrected chi connectivity index (χ3v) is 4.75. The first kappa shape index (κ1) is 17.7. The Kier molecular flexibility index (Phi) is 6.28. The van der Waals surface area contributed by atoms with E-state index in [9.17, 15) is 9.59 Å². The fourth-order valence-electron chi connectivity index (χ4n) is 3.42. The molecule has 0 spiro atoms. The van der Waals surface area contributed by atoms with Crippen molar-refractivity contribution < 1.29 is 14.3 Å². The highest BCUT2D eigenvalue weighted by Gasteiger charge is 2.21. The molecular formula is C19H27N3O3. The van der Waals surface area contributed by atoms with Gasteiger partial charge in [-0.05, 0) is 56.7 Å². The Morgan fingerprint density at radius 2 is 2.20 bits per heavy atom. The molecule has 136 valence electrons. The molecule has 1 atom stereocenters. The van der Waals surface area contributed by atoms with Gasteiger partial charge in [-0.3, -0.25) is 4.79 Å². The van der Waals surface area contributed by atoms with Crippen molar-refractivity contribution in [3.05, 3.63) is 24.3 Å². The van der Waals surface area contributed by atoms with Crippen LogP contribution in [0.4, 0.5) is 16.2 Å². The van der Waals surface area contributed by atoms with Crippen LogP contribution in [0.2, 0.25) is 0 Å². The molecule has 1 aromatic carbocycles. The topological polar surface area (TPSA) is 70.7 Å². The summed E-state index contributed by atoms with van der Waals surface area (Å²) in [6, 6.07) is 7.23. The largest absolute Gasteiger partial charge is 0.378 e. The van der Waals surface area contributed by atoms with E-state index < -0.39 is 0 Å². The maximum atomic E-state index is 12.0. The van der Waals surface area contributed by atoms with E-state index in [4.69, 9.17) is 4.74 Å². The summed E-state index contributed by atoms with van der Waals surface area (Å²) in [6.07, 6.45) is 7.36. The van der Waals surface area contributed by atoms with Gasteiger partial charge in [0, 0.05) is 37.5 Å². The summed E-state index contributed by atoms with van der Waals surface area (Å²) in [5.41, 5.74) is 1.55. The van der Waals surface area contributed by atoms with Crippen molar-refractivity contribution in [1.29, 1.82) is 0 Å². The first-order valence-corrected chi connectivity index (χ1v) is 9.29. The van der Waals surface area contributed by atoms with Gasteiger partial charge in [0.1, 0.15) is 0 Å². The van der Waals surface area contributed by atoms with Crippen LogP contribution in [0.3, 0.4) is 0 Å². The van der Waals surface area contributed by atoms with Gasteiger partial charge in [-0.2, -0.15) is 0 Å². The maximum absolute atomic E-state index is 12.0. The molecule has 0 bridgehead atoms. The number of unbranched alkanes of at least 4 members (excludes halogenated alkanes) is 1. The van der Waals surface area contributed by atoms with E-state index in [2.05, 4.69) is 10.6 Å². The molecule has 2 saturated heterocycles. The monoisotopic (exact) mass is 345 g/mol. The molecule has 0 saturated carbocycles. The molecule has 2 fully saturated rings. The minimum Gasteiger partial charge on any atom is -0.378 e. The number of nitrogens with one attached hydrogen (secondary N) is 2. The first-order chi connectivity index (χ1) is 12.2. The number of hydrogen-bond acceptors (Lipinski definition) is 3. The van der Waals surface area contributed by atoms with Crippen molar-refractivity contribution in [3.8, 4) is 0 Å². The fourth-order valence-corrected chi connectivity index (χ4v) is 3.42. The summed E-state index contributed by atoms with van der Waals surface area (Å²) in [6.45, 7) is 2.30. The highest BCUT2D eigenvalue weighted by atomic mass is 16.5. The van der Waals surface area contributed by atoms with Gasteiger partial charge in [-0.25, -0.2) is 4.79 Å². The second-order valence-corrected chi connectivity index (χ2v) is 6.71. The van der Waals surface area contributed by atoms with Crippen LogP contribution in [0.5, 0.6) is 0 Å². The van der Waals surface area contributed by atoms with Gasteiger partial charge in [-0.15, -0.1) is 0 Å². The summed E-state index contributed by atoms with van der Waals surface area (Å²) in [7, 11) is 0. The van der Waals surface area contributed by atoms with Gasteiger partial charge >= 0.3 is 6.03 Å². The summed E-state index contributed by atoms with van der Waals surface area (Å²) in [5.74, 6) is 0.146. The molecule has 25 heavy (non-hydrogen) atoms.